The van der Waals surface area contributed by atoms with Crippen LogP contribution in [0.4, 0.5) is 4.39 Å². The van der Waals surface area contributed by atoms with Crippen LogP contribution >= 0.6 is 0 Å². The Bertz CT molecular complexity index is 548. The smallest absolute Gasteiger partial charge is 0.140 e. The molecule has 2 atom stereocenters. The predicted octanol–water partition coefficient (Wildman–Crippen LogP) is 3.68. The van der Waals surface area contributed by atoms with Crippen LogP contribution in [0.3, 0.4) is 0 Å². The van der Waals surface area contributed by atoms with Crippen molar-refractivity contribution in [1.82, 2.24) is 5.32 Å². The van der Waals surface area contributed by atoms with Crippen LogP contribution in [0.1, 0.15) is 31.2 Å². The molecule has 0 saturated carbocycles. The Hall–Kier alpha value is -1.35. The van der Waals surface area contributed by atoms with E-state index in [1.54, 1.807) is 18.4 Å². The molecule has 2 nitrogen and oxygen atoms in total. The quantitative estimate of drug-likeness (QED) is 0.875. The van der Waals surface area contributed by atoms with Crippen LogP contribution in [0.15, 0.2) is 28.9 Å². The Balaban J connectivity index is 2.11. The molecule has 3 heteroatoms. The van der Waals surface area contributed by atoms with Gasteiger partial charge >= 0.3 is 0 Å². The topological polar surface area (TPSA) is 25.2 Å². The molecule has 0 aliphatic carbocycles. The second kappa shape index (κ2) is 4.73. The normalized spacial score (nSPS) is 24.6. The summed E-state index contributed by atoms with van der Waals surface area (Å²) in [6.45, 7) is 4.10. The molecule has 3 rings (SSSR count). The van der Waals surface area contributed by atoms with Gasteiger partial charge in [0.2, 0.25) is 0 Å². The predicted molar refractivity (Wildman–Crippen MR) is 70.2 cm³/mol. The van der Waals surface area contributed by atoms with Crippen LogP contribution in [0.2, 0.25) is 0 Å². The molecule has 1 N–H and O–H groups in total. The molecule has 2 heterocycles. The lowest BCUT2D eigenvalue weighted by Crippen LogP contribution is -2.35. The molecule has 1 aliphatic heterocycles. The maximum atomic E-state index is 14.2. The van der Waals surface area contributed by atoms with Crippen molar-refractivity contribution in [2.45, 2.75) is 25.7 Å². The number of piperidine rings is 1. The van der Waals surface area contributed by atoms with Crippen molar-refractivity contribution in [3.63, 3.8) is 0 Å². The van der Waals surface area contributed by atoms with Crippen LogP contribution in [0.25, 0.3) is 11.0 Å². The summed E-state index contributed by atoms with van der Waals surface area (Å²) in [6.07, 6.45) is 3.69. The number of hydrogen-bond acceptors (Lipinski definition) is 2. The maximum absolute atomic E-state index is 14.2. The molecule has 1 aromatic carbocycles. The second-order valence-corrected chi connectivity index (χ2v) is 5.07. The van der Waals surface area contributed by atoms with Gasteiger partial charge in [0.05, 0.1) is 6.26 Å². The zero-order valence-corrected chi connectivity index (χ0v) is 10.6. The van der Waals surface area contributed by atoms with Gasteiger partial charge in [0.15, 0.2) is 0 Å². The molecular weight excluding hydrogens is 229 g/mol. The lowest BCUT2D eigenvalue weighted by Gasteiger charge is -2.32. The van der Waals surface area contributed by atoms with Crippen LogP contribution < -0.4 is 5.32 Å². The molecule has 1 saturated heterocycles. The number of rotatable bonds is 2. The van der Waals surface area contributed by atoms with Gasteiger partial charge in [0, 0.05) is 10.9 Å². The molecule has 1 fully saturated rings. The summed E-state index contributed by atoms with van der Waals surface area (Å²) in [5.41, 5.74) is 1.52. The summed E-state index contributed by atoms with van der Waals surface area (Å²) in [5.74, 6) is 0.637. The van der Waals surface area contributed by atoms with E-state index in [1.807, 2.05) is 6.07 Å². The van der Waals surface area contributed by atoms with Gasteiger partial charge in [-0.05, 0) is 49.5 Å². The molecule has 1 aliphatic rings. The summed E-state index contributed by atoms with van der Waals surface area (Å²) in [7, 11) is 0. The molecule has 0 spiro atoms. The van der Waals surface area contributed by atoms with Crippen molar-refractivity contribution in [2.24, 2.45) is 5.92 Å². The Labute approximate surface area is 106 Å². The van der Waals surface area contributed by atoms with E-state index in [0.717, 1.165) is 42.5 Å². The molecule has 0 radical (unpaired) electrons. The SMILES string of the molecule is CCC1CNCCC1c1c(F)ccc2ccoc12. The number of nitrogens with one attached hydrogen (secondary N) is 1. The lowest BCUT2D eigenvalue weighted by atomic mass is 9.79. The summed E-state index contributed by atoms with van der Waals surface area (Å²) in [5, 5.41) is 4.39. The first-order chi connectivity index (χ1) is 8.81. The number of halogens is 1. The van der Waals surface area contributed by atoms with Gasteiger partial charge < -0.3 is 9.73 Å². The van der Waals surface area contributed by atoms with E-state index in [2.05, 4.69) is 12.2 Å². The van der Waals surface area contributed by atoms with E-state index in [9.17, 15) is 4.39 Å². The first kappa shape index (κ1) is 11.7. The zero-order valence-electron chi connectivity index (χ0n) is 10.6. The molecule has 0 amide bonds. The van der Waals surface area contributed by atoms with Crippen LogP contribution in [-0.2, 0) is 0 Å². The van der Waals surface area contributed by atoms with Gasteiger partial charge in [-0.25, -0.2) is 4.39 Å². The first-order valence-corrected chi connectivity index (χ1v) is 6.67. The van der Waals surface area contributed by atoms with Gasteiger partial charge in [-0.1, -0.05) is 13.3 Å². The van der Waals surface area contributed by atoms with Crippen molar-refractivity contribution in [3.05, 3.63) is 35.8 Å². The molecule has 1 aromatic heterocycles. The average molecular weight is 247 g/mol. The average Bonchev–Trinajstić information content (AvgIpc) is 2.87. The Morgan fingerprint density at radius 2 is 2.28 bits per heavy atom. The highest BCUT2D eigenvalue weighted by Crippen LogP contribution is 2.38. The molecule has 2 unspecified atom stereocenters. The molecule has 18 heavy (non-hydrogen) atoms. The Morgan fingerprint density at radius 1 is 1.39 bits per heavy atom. The standard InChI is InChI=1S/C15H18FNO/c1-2-10-9-17-7-5-12(10)14-13(16)4-3-11-6-8-18-15(11)14/h3-4,6,8,10,12,17H,2,5,7,9H2,1H3. The summed E-state index contributed by atoms with van der Waals surface area (Å²) in [6, 6.07) is 5.27. The van der Waals surface area contributed by atoms with Gasteiger partial charge in [0.1, 0.15) is 11.4 Å². The van der Waals surface area contributed by atoms with Crippen molar-refractivity contribution in [1.29, 1.82) is 0 Å². The number of fused-ring (bicyclic) bond motifs is 1. The van der Waals surface area contributed by atoms with E-state index >= 15 is 0 Å². The monoisotopic (exact) mass is 247 g/mol. The lowest BCUT2D eigenvalue weighted by molar-refractivity contribution is 0.311. The van der Waals surface area contributed by atoms with Gasteiger partial charge in [-0.3, -0.25) is 0 Å². The van der Waals surface area contributed by atoms with Gasteiger partial charge in [-0.15, -0.1) is 0 Å². The third-order valence-electron chi connectivity index (χ3n) is 4.11. The molecule has 2 aromatic rings. The Morgan fingerprint density at radius 3 is 3.11 bits per heavy atom. The van der Waals surface area contributed by atoms with Crippen LogP contribution in [-0.4, -0.2) is 13.1 Å². The third-order valence-corrected chi connectivity index (χ3v) is 4.11. The van der Waals surface area contributed by atoms with Crippen molar-refractivity contribution in [2.75, 3.05) is 13.1 Å². The van der Waals surface area contributed by atoms with Crippen molar-refractivity contribution >= 4 is 11.0 Å². The largest absolute Gasteiger partial charge is 0.464 e. The van der Waals surface area contributed by atoms with Gasteiger partial charge in [0.25, 0.3) is 0 Å². The molecular formula is C15H18FNO. The zero-order chi connectivity index (χ0) is 12.5. The minimum absolute atomic E-state index is 0.122. The van der Waals surface area contributed by atoms with E-state index in [1.165, 1.54) is 0 Å². The molecule has 96 valence electrons. The number of furan rings is 1. The van der Waals surface area contributed by atoms with Crippen molar-refractivity contribution < 1.29 is 8.81 Å². The maximum Gasteiger partial charge on any atom is 0.140 e. The summed E-state index contributed by atoms with van der Waals surface area (Å²) >= 11 is 0. The van der Waals surface area contributed by atoms with E-state index in [0.29, 0.717) is 5.92 Å². The summed E-state index contributed by atoms with van der Waals surface area (Å²) < 4.78 is 19.7. The van der Waals surface area contributed by atoms with Gasteiger partial charge in [-0.2, -0.15) is 0 Å². The van der Waals surface area contributed by atoms with Crippen molar-refractivity contribution in [3.8, 4) is 0 Å². The second-order valence-electron chi connectivity index (χ2n) is 5.07. The highest BCUT2D eigenvalue weighted by Gasteiger charge is 2.29. The van der Waals surface area contributed by atoms with E-state index in [4.69, 9.17) is 4.42 Å². The fourth-order valence-electron chi connectivity index (χ4n) is 3.11. The van der Waals surface area contributed by atoms with Crippen LogP contribution in [0.5, 0.6) is 0 Å². The van der Waals surface area contributed by atoms with E-state index in [-0.39, 0.29) is 11.7 Å². The van der Waals surface area contributed by atoms with E-state index < -0.39 is 0 Å². The Kier molecular flexibility index (Phi) is 3.08. The minimum Gasteiger partial charge on any atom is -0.464 e. The first-order valence-electron chi connectivity index (χ1n) is 6.67. The minimum atomic E-state index is -0.122. The number of hydrogen-bond donors (Lipinski definition) is 1. The highest BCUT2D eigenvalue weighted by atomic mass is 19.1. The summed E-state index contributed by atoms with van der Waals surface area (Å²) in [4.78, 5) is 0. The highest BCUT2D eigenvalue weighted by molar-refractivity contribution is 5.81. The fraction of sp³-hybridized carbons (Fsp3) is 0.467. The number of benzene rings is 1. The van der Waals surface area contributed by atoms with Crippen LogP contribution in [0, 0.1) is 11.7 Å². The fourth-order valence-corrected chi connectivity index (χ4v) is 3.11. The molecule has 0 bridgehead atoms. The third kappa shape index (κ3) is 1.83.